The van der Waals surface area contributed by atoms with E-state index in [-0.39, 0.29) is 0 Å². The van der Waals surface area contributed by atoms with E-state index in [1.165, 1.54) is 0 Å². The number of hydrogen-bond donors (Lipinski definition) is 1. The molecule has 0 unspecified atom stereocenters. The molecule has 2 aromatic heterocycles. The zero-order chi connectivity index (χ0) is 22.5. The number of aromatic nitrogens is 3. The van der Waals surface area contributed by atoms with Crippen LogP contribution in [0.4, 0.5) is 5.82 Å². The Hall–Kier alpha value is -3.94. The van der Waals surface area contributed by atoms with Crippen molar-refractivity contribution >= 4 is 11.5 Å². The normalized spacial score (nSPS) is 10.8. The lowest BCUT2D eigenvalue weighted by molar-refractivity contribution is 0.324. The standard InChI is InChI=1S/C24H26N4O4/c1-5-32-18-8-6-7-17(13-18)19-15-28-10-9-25-24(28)23(27-19)26-14-16-11-20(29-2)22(31-4)21(12-16)30-3/h6-13,15H,5,14H2,1-4H3,(H,26,27). The molecule has 0 aliphatic carbocycles. The summed E-state index contributed by atoms with van der Waals surface area (Å²) in [6.45, 7) is 3.07. The van der Waals surface area contributed by atoms with E-state index in [9.17, 15) is 0 Å². The molecule has 0 aliphatic heterocycles. The first-order valence-corrected chi connectivity index (χ1v) is 10.3. The molecule has 8 nitrogen and oxygen atoms in total. The second-order valence-electron chi connectivity index (χ2n) is 6.98. The maximum Gasteiger partial charge on any atom is 0.203 e. The van der Waals surface area contributed by atoms with Crippen LogP contribution in [0.5, 0.6) is 23.0 Å². The molecular formula is C24H26N4O4. The largest absolute Gasteiger partial charge is 0.494 e. The minimum Gasteiger partial charge on any atom is -0.494 e. The Morgan fingerprint density at radius 1 is 1.00 bits per heavy atom. The number of benzene rings is 2. The van der Waals surface area contributed by atoms with E-state index >= 15 is 0 Å². The third-order valence-electron chi connectivity index (χ3n) is 5.00. The van der Waals surface area contributed by atoms with Crippen molar-refractivity contribution in [2.75, 3.05) is 33.3 Å². The van der Waals surface area contributed by atoms with Crippen molar-refractivity contribution in [3.8, 4) is 34.3 Å². The van der Waals surface area contributed by atoms with Gasteiger partial charge in [0.2, 0.25) is 5.75 Å². The lowest BCUT2D eigenvalue weighted by Crippen LogP contribution is -2.06. The van der Waals surface area contributed by atoms with Crippen molar-refractivity contribution < 1.29 is 18.9 Å². The fourth-order valence-corrected chi connectivity index (χ4v) is 3.52. The number of ether oxygens (including phenoxy) is 4. The predicted octanol–water partition coefficient (Wildman–Crippen LogP) is 4.43. The highest BCUT2D eigenvalue weighted by molar-refractivity contribution is 5.70. The Morgan fingerprint density at radius 3 is 2.47 bits per heavy atom. The molecule has 0 spiro atoms. The van der Waals surface area contributed by atoms with Crippen LogP contribution in [-0.2, 0) is 6.54 Å². The summed E-state index contributed by atoms with van der Waals surface area (Å²) in [5.74, 6) is 3.24. The highest BCUT2D eigenvalue weighted by atomic mass is 16.5. The molecule has 0 bridgehead atoms. The first kappa shape index (κ1) is 21.3. The van der Waals surface area contributed by atoms with E-state index < -0.39 is 0 Å². The van der Waals surface area contributed by atoms with Gasteiger partial charge in [-0.25, -0.2) is 9.97 Å². The second-order valence-corrected chi connectivity index (χ2v) is 6.98. The summed E-state index contributed by atoms with van der Waals surface area (Å²) in [5, 5.41) is 3.40. The molecule has 0 saturated heterocycles. The SMILES string of the molecule is CCOc1cccc(-c2cn3ccnc3c(NCc3cc(OC)c(OC)c(OC)c3)n2)c1. The molecule has 1 N–H and O–H groups in total. The van der Waals surface area contributed by atoms with Crippen LogP contribution in [0.25, 0.3) is 16.9 Å². The lowest BCUT2D eigenvalue weighted by atomic mass is 10.1. The maximum atomic E-state index is 5.64. The van der Waals surface area contributed by atoms with Gasteiger partial charge < -0.3 is 28.7 Å². The average molecular weight is 434 g/mol. The van der Waals surface area contributed by atoms with Gasteiger partial charge in [-0.1, -0.05) is 12.1 Å². The predicted molar refractivity (Wildman–Crippen MR) is 123 cm³/mol. The number of imidazole rings is 1. The molecule has 32 heavy (non-hydrogen) atoms. The van der Waals surface area contributed by atoms with E-state index in [4.69, 9.17) is 23.9 Å². The average Bonchev–Trinajstić information content (AvgIpc) is 3.31. The summed E-state index contributed by atoms with van der Waals surface area (Å²) >= 11 is 0. The monoisotopic (exact) mass is 434 g/mol. The molecule has 0 atom stereocenters. The van der Waals surface area contributed by atoms with Crippen molar-refractivity contribution in [3.05, 3.63) is 60.6 Å². The minimum absolute atomic E-state index is 0.495. The van der Waals surface area contributed by atoms with Crippen LogP contribution in [-0.4, -0.2) is 42.3 Å². The molecule has 4 aromatic rings. The van der Waals surface area contributed by atoms with Crippen LogP contribution in [0.1, 0.15) is 12.5 Å². The Balaban J connectivity index is 1.67. The lowest BCUT2D eigenvalue weighted by Gasteiger charge is -2.15. The summed E-state index contributed by atoms with van der Waals surface area (Å²) < 4.78 is 23.9. The van der Waals surface area contributed by atoms with Crippen molar-refractivity contribution in [2.45, 2.75) is 13.5 Å². The Kier molecular flexibility index (Phi) is 6.30. The first-order chi connectivity index (χ1) is 15.7. The first-order valence-electron chi connectivity index (χ1n) is 10.3. The molecule has 4 rings (SSSR count). The van der Waals surface area contributed by atoms with Gasteiger partial charge in [0.25, 0.3) is 0 Å². The summed E-state index contributed by atoms with van der Waals surface area (Å²) in [6.07, 6.45) is 5.61. The van der Waals surface area contributed by atoms with Crippen molar-refractivity contribution in [1.82, 2.24) is 14.4 Å². The smallest absolute Gasteiger partial charge is 0.203 e. The molecular weight excluding hydrogens is 408 g/mol. The van der Waals surface area contributed by atoms with Gasteiger partial charge in [-0.15, -0.1) is 0 Å². The van der Waals surface area contributed by atoms with Crippen LogP contribution in [0.3, 0.4) is 0 Å². The van der Waals surface area contributed by atoms with Gasteiger partial charge in [0.05, 0.1) is 33.6 Å². The van der Waals surface area contributed by atoms with E-state index in [0.717, 1.165) is 28.2 Å². The Bertz CT molecular complexity index is 1200. The van der Waals surface area contributed by atoms with Gasteiger partial charge in [-0.2, -0.15) is 0 Å². The topological polar surface area (TPSA) is 79.1 Å². The van der Waals surface area contributed by atoms with Gasteiger partial charge in [0.1, 0.15) is 5.75 Å². The van der Waals surface area contributed by atoms with Crippen LogP contribution in [0.2, 0.25) is 0 Å². The quantitative estimate of drug-likeness (QED) is 0.417. The zero-order valence-corrected chi connectivity index (χ0v) is 18.6. The van der Waals surface area contributed by atoms with Gasteiger partial charge in [-0.05, 0) is 36.8 Å². The molecule has 2 aromatic carbocycles. The van der Waals surface area contributed by atoms with Gasteiger partial charge in [0, 0.05) is 30.7 Å². The van der Waals surface area contributed by atoms with Crippen molar-refractivity contribution in [1.29, 1.82) is 0 Å². The number of nitrogens with zero attached hydrogens (tertiary/aromatic N) is 3. The number of fused-ring (bicyclic) bond motifs is 1. The third kappa shape index (κ3) is 4.25. The molecule has 0 aliphatic rings. The van der Waals surface area contributed by atoms with Crippen LogP contribution < -0.4 is 24.3 Å². The highest BCUT2D eigenvalue weighted by Crippen LogP contribution is 2.38. The molecule has 0 radical (unpaired) electrons. The summed E-state index contributed by atoms with van der Waals surface area (Å²) in [5.41, 5.74) is 3.46. The highest BCUT2D eigenvalue weighted by Gasteiger charge is 2.14. The molecule has 2 heterocycles. The van der Waals surface area contributed by atoms with E-state index in [1.807, 2.05) is 60.1 Å². The van der Waals surface area contributed by atoms with E-state index in [0.29, 0.717) is 36.2 Å². The van der Waals surface area contributed by atoms with Crippen molar-refractivity contribution in [3.63, 3.8) is 0 Å². The van der Waals surface area contributed by atoms with Gasteiger partial charge in [0.15, 0.2) is 23.0 Å². The zero-order valence-electron chi connectivity index (χ0n) is 18.6. The number of rotatable bonds is 9. The molecule has 0 saturated carbocycles. The summed E-state index contributed by atoms with van der Waals surface area (Å²) in [7, 11) is 4.79. The molecule has 0 amide bonds. The fourth-order valence-electron chi connectivity index (χ4n) is 3.52. The van der Waals surface area contributed by atoms with E-state index in [2.05, 4.69) is 10.3 Å². The Labute approximate surface area is 186 Å². The van der Waals surface area contributed by atoms with Gasteiger partial charge in [-0.3, -0.25) is 0 Å². The summed E-state index contributed by atoms with van der Waals surface area (Å²) in [6, 6.07) is 11.7. The minimum atomic E-state index is 0.495. The van der Waals surface area contributed by atoms with Crippen LogP contribution >= 0.6 is 0 Å². The molecule has 166 valence electrons. The second kappa shape index (κ2) is 9.47. The number of methoxy groups -OCH3 is 3. The molecule has 0 fully saturated rings. The summed E-state index contributed by atoms with van der Waals surface area (Å²) in [4.78, 5) is 9.29. The maximum absolute atomic E-state index is 5.64. The molecule has 8 heteroatoms. The van der Waals surface area contributed by atoms with Crippen LogP contribution in [0, 0.1) is 0 Å². The van der Waals surface area contributed by atoms with Crippen LogP contribution in [0.15, 0.2) is 55.0 Å². The van der Waals surface area contributed by atoms with E-state index in [1.54, 1.807) is 27.5 Å². The third-order valence-corrected chi connectivity index (χ3v) is 5.00. The van der Waals surface area contributed by atoms with Gasteiger partial charge >= 0.3 is 0 Å². The number of nitrogens with one attached hydrogen (secondary N) is 1. The number of hydrogen-bond acceptors (Lipinski definition) is 7. The Morgan fingerprint density at radius 2 is 1.78 bits per heavy atom. The fraction of sp³-hybridized carbons (Fsp3) is 0.250. The number of anilines is 1. The van der Waals surface area contributed by atoms with Crippen molar-refractivity contribution in [2.24, 2.45) is 0 Å².